The maximum absolute atomic E-state index is 13.7. The molecule has 4 rings (SSSR count). The highest BCUT2D eigenvalue weighted by Crippen LogP contribution is 2.37. The molecule has 7 nitrogen and oxygen atoms in total. The van der Waals surface area contributed by atoms with Crippen molar-refractivity contribution in [2.45, 2.75) is 63.3 Å². The number of halogens is 3. The summed E-state index contributed by atoms with van der Waals surface area (Å²) in [5.74, 6) is 0.268. The molecule has 2 fully saturated rings. The molecule has 168 valence electrons. The number of carboxylic acid groups (broad SMARTS) is 1. The van der Waals surface area contributed by atoms with E-state index in [4.69, 9.17) is 4.52 Å². The van der Waals surface area contributed by atoms with Crippen LogP contribution in [0.4, 0.5) is 18.0 Å². The largest absolute Gasteiger partial charge is 0.465 e. The first kappa shape index (κ1) is 21.6. The number of aromatic nitrogens is 2. The lowest BCUT2D eigenvalue weighted by Crippen LogP contribution is -2.32. The molecule has 0 unspecified atom stereocenters. The maximum atomic E-state index is 13.7. The minimum atomic E-state index is -4.52. The number of rotatable bonds is 5. The fraction of sp³-hybridized carbons (Fsp3) is 0.571. The standard InChI is InChI=1S/C21H24F3N3O4/c22-21(23,24)15-11-14(8-7-13(15)6-5-12-3-1-2-4-12)18-25-19(31-26-18)17-16(28)9-10-27(17)20(29)30/h7-8,11-12,16-17,28H,1-6,9-10H2,(H,29,30)/t16-,17-/m0/s1. The molecule has 1 aromatic carbocycles. The van der Waals surface area contributed by atoms with E-state index in [9.17, 15) is 28.2 Å². The molecule has 2 heterocycles. The van der Waals surface area contributed by atoms with Crippen molar-refractivity contribution in [2.24, 2.45) is 5.92 Å². The smallest absolute Gasteiger partial charge is 0.416 e. The van der Waals surface area contributed by atoms with E-state index in [1.54, 1.807) is 0 Å². The molecule has 1 amide bonds. The predicted octanol–water partition coefficient (Wildman–Crippen LogP) is 4.66. The van der Waals surface area contributed by atoms with Crippen molar-refractivity contribution in [3.63, 3.8) is 0 Å². The van der Waals surface area contributed by atoms with Crippen LogP contribution in [0.2, 0.25) is 0 Å². The van der Waals surface area contributed by atoms with Crippen molar-refractivity contribution < 1.29 is 32.7 Å². The zero-order valence-electron chi connectivity index (χ0n) is 16.8. The second-order valence-electron chi connectivity index (χ2n) is 8.29. The normalized spacial score (nSPS) is 22.4. The number of alkyl halides is 3. The van der Waals surface area contributed by atoms with Crippen LogP contribution in [0.3, 0.4) is 0 Å². The highest BCUT2D eigenvalue weighted by Gasteiger charge is 2.41. The van der Waals surface area contributed by atoms with Crippen LogP contribution in [0.5, 0.6) is 0 Å². The quantitative estimate of drug-likeness (QED) is 0.703. The molecule has 1 saturated heterocycles. The fourth-order valence-electron chi connectivity index (χ4n) is 4.62. The molecule has 2 aliphatic rings. The Hall–Kier alpha value is -2.62. The SMILES string of the molecule is O=C(O)N1CC[C@H](O)[C@H]1c1nc(-c2ccc(CCC3CCCC3)c(C(F)(F)F)c2)no1. The van der Waals surface area contributed by atoms with E-state index in [1.807, 2.05) is 0 Å². The molecular formula is C21H24F3N3O4. The van der Waals surface area contributed by atoms with Gasteiger partial charge in [0.1, 0.15) is 6.04 Å². The van der Waals surface area contributed by atoms with Gasteiger partial charge in [-0.15, -0.1) is 0 Å². The summed E-state index contributed by atoms with van der Waals surface area (Å²) in [6, 6.07) is 2.95. The Morgan fingerprint density at radius 3 is 2.65 bits per heavy atom. The number of benzene rings is 1. The lowest BCUT2D eigenvalue weighted by Gasteiger charge is -2.19. The average molecular weight is 439 g/mol. The fourth-order valence-corrected chi connectivity index (χ4v) is 4.62. The molecule has 2 atom stereocenters. The Balaban J connectivity index is 1.59. The van der Waals surface area contributed by atoms with Crippen LogP contribution < -0.4 is 0 Å². The number of aliphatic hydroxyl groups excluding tert-OH is 1. The average Bonchev–Trinajstić information content (AvgIpc) is 3.46. The van der Waals surface area contributed by atoms with Gasteiger partial charge in [-0.1, -0.05) is 43.0 Å². The van der Waals surface area contributed by atoms with E-state index in [1.165, 1.54) is 12.1 Å². The first-order valence-corrected chi connectivity index (χ1v) is 10.5. The number of aryl methyl sites for hydroxylation is 1. The molecule has 10 heteroatoms. The van der Waals surface area contributed by atoms with Crippen molar-refractivity contribution in [3.8, 4) is 11.4 Å². The van der Waals surface area contributed by atoms with Crippen LogP contribution in [-0.2, 0) is 12.6 Å². The van der Waals surface area contributed by atoms with Crippen LogP contribution in [0.15, 0.2) is 22.7 Å². The molecule has 0 radical (unpaired) electrons. The molecule has 2 N–H and O–H groups in total. The van der Waals surface area contributed by atoms with Gasteiger partial charge in [0.2, 0.25) is 5.82 Å². The number of aliphatic hydroxyl groups is 1. The van der Waals surface area contributed by atoms with E-state index >= 15 is 0 Å². The summed E-state index contributed by atoms with van der Waals surface area (Å²) in [6.45, 7) is 0.104. The summed E-state index contributed by atoms with van der Waals surface area (Å²) in [5, 5.41) is 23.1. The highest BCUT2D eigenvalue weighted by molar-refractivity contribution is 5.66. The van der Waals surface area contributed by atoms with Crippen LogP contribution in [0.1, 0.15) is 61.6 Å². The Bertz CT molecular complexity index is 940. The maximum Gasteiger partial charge on any atom is 0.416 e. The van der Waals surface area contributed by atoms with E-state index < -0.39 is 30.0 Å². The van der Waals surface area contributed by atoms with Gasteiger partial charge >= 0.3 is 12.3 Å². The number of hydrogen-bond acceptors (Lipinski definition) is 5. The Kier molecular flexibility index (Phi) is 5.92. The van der Waals surface area contributed by atoms with Crippen molar-refractivity contribution >= 4 is 6.09 Å². The van der Waals surface area contributed by atoms with Gasteiger partial charge in [-0.25, -0.2) is 4.79 Å². The van der Waals surface area contributed by atoms with Crippen LogP contribution in [0.25, 0.3) is 11.4 Å². The van der Waals surface area contributed by atoms with Gasteiger partial charge in [-0.3, -0.25) is 4.90 Å². The Morgan fingerprint density at radius 2 is 1.97 bits per heavy atom. The van der Waals surface area contributed by atoms with Gasteiger partial charge in [0.05, 0.1) is 11.7 Å². The molecule has 0 spiro atoms. The van der Waals surface area contributed by atoms with Crippen molar-refractivity contribution in [2.75, 3.05) is 6.54 Å². The molecular weight excluding hydrogens is 415 g/mol. The summed E-state index contributed by atoms with van der Waals surface area (Å²) in [4.78, 5) is 16.4. The summed E-state index contributed by atoms with van der Waals surface area (Å²) >= 11 is 0. The lowest BCUT2D eigenvalue weighted by atomic mass is 9.94. The summed E-state index contributed by atoms with van der Waals surface area (Å²) < 4.78 is 46.3. The van der Waals surface area contributed by atoms with Crippen LogP contribution in [-0.4, -0.2) is 44.0 Å². The van der Waals surface area contributed by atoms with Gasteiger partial charge in [0.15, 0.2) is 0 Å². The van der Waals surface area contributed by atoms with Gasteiger partial charge in [-0.05, 0) is 36.8 Å². The lowest BCUT2D eigenvalue weighted by molar-refractivity contribution is -0.138. The first-order valence-electron chi connectivity index (χ1n) is 10.5. The van der Waals surface area contributed by atoms with Gasteiger partial charge in [0, 0.05) is 12.1 Å². The summed E-state index contributed by atoms with van der Waals surface area (Å²) in [5.41, 5.74) is -0.348. The Labute approximate surface area is 176 Å². The molecule has 0 bridgehead atoms. The minimum absolute atomic E-state index is 0.0766. The number of likely N-dealkylation sites (tertiary alicyclic amines) is 1. The summed E-state index contributed by atoms with van der Waals surface area (Å²) in [7, 11) is 0. The topological polar surface area (TPSA) is 99.7 Å². The van der Waals surface area contributed by atoms with E-state index in [2.05, 4.69) is 10.1 Å². The zero-order chi connectivity index (χ0) is 22.2. The van der Waals surface area contributed by atoms with Gasteiger partial charge < -0.3 is 14.7 Å². The van der Waals surface area contributed by atoms with Gasteiger partial charge in [0.25, 0.3) is 5.89 Å². The van der Waals surface area contributed by atoms with Crippen molar-refractivity contribution in [1.29, 1.82) is 0 Å². The molecule has 31 heavy (non-hydrogen) atoms. The first-order chi connectivity index (χ1) is 14.7. The van der Waals surface area contributed by atoms with Crippen LogP contribution in [0, 0.1) is 5.92 Å². The van der Waals surface area contributed by atoms with Crippen molar-refractivity contribution in [1.82, 2.24) is 15.0 Å². The second kappa shape index (κ2) is 8.49. The number of carbonyl (C=O) groups is 1. The third-order valence-electron chi connectivity index (χ3n) is 6.28. The Morgan fingerprint density at radius 1 is 1.23 bits per heavy atom. The number of nitrogens with zero attached hydrogens (tertiary/aromatic N) is 3. The highest BCUT2D eigenvalue weighted by atomic mass is 19.4. The van der Waals surface area contributed by atoms with E-state index in [0.717, 1.165) is 43.1 Å². The van der Waals surface area contributed by atoms with E-state index in [-0.39, 0.29) is 35.8 Å². The molecule has 1 aliphatic carbocycles. The minimum Gasteiger partial charge on any atom is -0.465 e. The third kappa shape index (κ3) is 4.53. The number of amides is 1. The van der Waals surface area contributed by atoms with Gasteiger partial charge in [-0.2, -0.15) is 18.2 Å². The molecule has 1 aromatic heterocycles. The summed E-state index contributed by atoms with van der Waals surface area (Å²) in [6.07, 6.45) is -1.04. The third-order valence-corrected chi connectivity index (χ3v) is 6.28. The zero-order valence-corrected chi connectivity index (χ0v) is 16.8. The number of hydrogen-bond donors (Lipinski definition) is 2. The van der Waals surface area contributed by atoms with Crippen molar-refractivity contribution in [3.05, 3.63) is 35.2 Å². The molecule has 1 aliphatic heterocycles. The predicted molar refractivity (Wildman–Crippen MR) is 103 cm³/mol. The van der Waals surface area contributed by atoms with Crippen LogP contribution >= 0.6 is 0 Å². The monoisotopic (exact) mass is 439 g/mol. The second-order valence-corrected chi connectivity index (χ2v) is 8.29. The molecule has 1 saturated carbocycles. The molecule has 2 aromatic rings. The van der Waals surface area contributed by atoms with E-state index in [0.29, 0.717) is 12.3 Å².